The van der Waals surface area contributed by atoms with Gasteiger partial charge in [-0.2, -0.15) is 0 Å². The summed E-state index contributed by atoms with van der Waals surface area (Å²) in [4.78, 5) is 27.4. The van der Waals surface area contributed by atoms with Gasteiger partial charge in [-0.15, -0.1) is 0 Å². The number of piperazine rings is 1. The van der Waals surface area contributed by atoms with Gasteiger partial charge in [-0.1, -0.05) is 23.2 Å². The molecule has 6 nitrogen and oxygen atoms in total. The minimum absolute atomic E-state index is 0.149. The summed E-state index contributed by atoms with van der Waals surface area (Å²) in [5.74, 6) is 0.261. The fourth-order valence-corrected chi connectivity index (χ4v) is 2.85. The van der Waals surface area contributed by atoms with Crippen LogP contribution in [0.5, 0.6) is 5.75 Å². The van der Waals surface area contributed by atoms with Gasteiger partial charge >= 0.3 is 6.09 Å². The van der Waals surface area contributed by atoms with Gasteiger partial charge in [0, 0.05) is 31.2 Å². The molecular weight excluding hydrogens is 355 g/mol. The summed E-state index contributed by atoms with van der Waals surface area (Å²) in [6, 6.07) is 4.85. The predicted molar refractivity (Wildman–Crippen MR) is 91.7 cm³/mol. The summed E-state index contributed by atoms with van der Waals surface area (Å²) in [5, 5.41) is 0.857. The van der Waals surface area contributed by atoms with Crippen LogP contribution in [0.25, 0.3) is 0 Å². The minimum Gasteiger partial charge on any atom is -0.479 e. The molecule has 0 unspecified atom stereocenters. The fourth-order valence-electron chi connectivity index (χ4n) is 2.39. The molecule has 132 valence electrons. The third kappa shape index (κ3) is 4.68. The molecule has 1 aliphatic rings. The molecule has 1 aromatic rings. The van der Waals surface area contributed by atoms with Crippen molar-refractivity contribution in [2.45, 2.75) is 20.0 Å². The molecule has 0 aromatic heterocycles. The summed E-state index contributed by atoms with van der Waals surface area (Å²) >= 11 is 11.9. The van der Waals surface area contributed by atoms with Crippen molar-refractivity contribution < 1.29 is 19.1 Å². The van der Waals surface area contributed by atoms with Crippen LogP contribution in [0.4, 0.5) is 4.79 Å². The van der Waals surface area contributed by atoms with E-state index < -0.39 is 6.10 Å². The zero-order valence-corrected chi connectivity index (χ0v) is 15.1. The number of carbonyl (C=O) groups is 2. The number of hydrogen-bond acceptors (Lipinski definition) is 4. The van der Waals surface area contributed by atoms with Crippen LogP contribution in [0.3, 0.4) is 0 Å². The van der Waals surface area contributed by atoms with Gasteiger partial charge in [-0.25, -0.2) is 4.79 Å². The molecule has 0 bridgehead atoms. The number of benzene rings is 1. The normalized spacial score (nSPS) is 15.8. The molecule has 1 heterocycles. The van der Waals surface area contributed by atoms with Crippen LogP contribution in [0.2, 0.25) is 10.0 Å². The molecular formula is C16H20Cl2N2O4. The monoisotopic (exact) mass is 374 g/mol. The van der Waals surface area contributed by atoms with Crippen LogP contribution in [0.1, 0.15) is 13.8 Å². The molecule has 1 aromatic carbocycles. The minimum atomic E-state index is -0.683. The number of carbonyl (C=O) groups excluding carboxylic acids is 2. The van der Waals surface area contributed by atoms with E-state index in [4.69, 9.17) is 32.7 Å². The van der Waals surface area contributed by atoms with Crippen LogP contribution >= 0.6 is 23.2 Å². The molecule has 2 amide bonds. The number of amides is 2. The molecule has 1 fully saturated rings. The lowest BCUT2D eigenvalue weighted by Gasteiger charge is -2.35. The first-order chi connectivity index (χ1) is 11.4. The SMILES string of the molecule is CCOC(=O)N1CCN(C(=O)[C@@H](C)Oc2ccc(Cl)cc2Cl)CC1. The molecule has 0 saturated carbocycles. The number of nitrogens with zero attached hydrogens (tertiary/aromatic N) is 2. The van der Waals surface area contributed by atoms with Gasteiger partial charge in [0.05, 0.1) is 11.6 Å². The second-order valence-corrected chi connectivity index (χ2v) is 6.19. The van der Waals surface area contributed by atoms with E-state index in [-0.39, 0.29) is 12.0 Å². The van der Waals surface area contributed by atoms with Crippen molar-refractivity contribution in [3.8, 4) is 5.75 Å². The van der Waals surface area contributed by atoms with E-state index in [0.29, 0.717) is 48.6 Å². The highest BCUT2D eigenvalue weighted by Crippen LogP contribution is 2.28. The Bertz CT molecular complexity index is 604. The molecule has 0 spiro atoms. The van der Waals surface area contributed by atoms with E-state index in [2.05, 4.69) is 0 Å². The van der Waals surface area contributed by atoms with E-state index in [1.807, 2.05) is 0 Å². The maximum atomic E-state index is 12.5. The lowest BCUT2D eigenvalue weighted by molar-refractivity contribution is -0.139. The molecule has 8 heteroatoms. The van der Waals surface area contributed by atoms with Gasteiger partial charge in [0.15, 0.2) is 6.10 Å². The van der Waals surface area contributed by atoms with Gasteiger partial charge in [0.2, 0.25) is 0 Å². The van der Waals surface area contributed by atoms with Crippen molar-refractivity contribution >= 4 is 35.2 Å². The van der Waals surface area contributed by atoms with E-state index in [9.17, 15) is 9.59 Å². The van der Waals surface area contributed by atoms with Crippen LogP contribution < -0.4 is 4.74 Å². The molecule has 24 heavy (non-hydrogen) atoms. The third-order valence-electron chi connectivity index (χ3n) is 3.66. The predicted octanol–water partition coefficient (Wildman–Crippen LogP) is 3.06. The number of ether oxygens (including phenoxy) is 2. The Balaban J connectivity index is 1.89. The number of halogens is 2. The van der Waals surface area contributed by atoms with Crippen LogP contribution in [-0.4, -0.2) is 60.7 Å². The summed E-state index contributed by atoms with van der Waals surface area (Å²) < 4.78 is 10.6. The average Bonchev–Trinajstić information content (AvgIpc) is 2.57. The molecule has 0 aliphatic carbocycles. The van der Waals surface area contributed by atoms with Crippen molar-refractivity contribution in [1.29, 1.82) is 0 Å². The van der Waals surface area contributed by atoms with Gasteiger partial charge < -0.3 is 19.3 Å². The second kappa shape index (κ2) is 8.44. The fraction of sp³-hybridized carbons (Fsp3) is 0.500. The van der Waals surface area contributed by atoms with Crippen molar-refractivity contribution in [3.63, 3.8) is 0 Å². The molecule has 1 saturated heterocycles. The van der Waals surface area contributed by atoms with Gasteiger partial charge in [-0.3, -0.25) is 4.79 Å². The summed E-state index contributed by atoms with van der Waals surface area (Å²) in [6.45, 7) is 5.55. The first kappa shape index (κ1) is 18.7. The largest absolute Gasteiger partial charge is 0.479 e. The second-order valence-electron chi connectivity index (χ2n) is 5.35. The topological polar surface area (TPSA) is 59.1 Å². The van der Waals surface area contributed by atoms with Crippen LogP contribution in [-0.2, 0) is 9.53 Å². The van der Waals surface area contributed by atoms with Crippen molar-refractivity contribution in [2.24, 2.45) is 0 Å². The highest BCUT2D eigenvalue weighted by Gasteiger charge is 2.28. The van der Waals surface area contributed by atoms with Gasteiger partial charge in [0.1, 0.15) is 5.75 Å². The van der Waals surface area contributed by atoms with Gasteiger partial charge in [0.25, 0.3) is 5.91 Å². The van der Waals surface area contributed by atoms with E-state index >= 15 is 0 Å². The first-order valence-corrected chi connectivity index (χ1v) is 8.50. The van der Waals surface area contributed by atoms with E-state index in [1.54, 1.807) is 41.8 Å². The van der Waals surface area contributed by atoms with Crippen molar-refractivity contribution in [3.05, 3.63) is 28.2 Å². The molecule has 1 aliphatic heterocycles. The Morgan fingerprint density at radius 1 is 1.17 bits per heavy atom. The molecule has 0 radical (unpaired) electrons. The Hall–Kier alpha value is -1.66. The Labute approximate surface area is 151 Å². The average molecular weight is 375 g/mol. The van der Waals surface area contributed by atoms with Gasteiger partial charge in [-0.05, 0) is 32.0 Å². The van der Waals surface area contributed by atoms with Crippen LogP contribution in [0.15, 0.2) is 18.2 Å². The zero-order valence-electron chi connectivity index (χ0n) is 13.6. The quantitative estimate of drug-likeness (QED) is 0.812. The van der Waals surface area contributed by atoms with Crippen molar-refractivity contribution in [2.75, 3.05) is 32.8 Å². The van der Waals surface area contributed by atoms with Crippen LogP contribution in [0, 0.1) is 0 Å². The Kier molecular flexibility index (Phi) is 6.57. The highest BCUT2D eigenvalue weighted by atomic mass is 35.5. The lowest BCUT2D eigenvalue weighted by Crippen LogP contribution is -2.53. The number of rotatable bonds is 4. The highest BCUT2D eigenvalue weighted by molar-refractivity contribution is 6.35. The lowest BCUT2D eigenvalue weighted by atomic mass is 10.2. The number of hydrogen-bond donors (Lipinski definition) is 0. The molecule has 1 atom stereocenters. The Morgan fingerprint density at radius 2 is 1.79 bits per heavy atom. The summed E-state index contributed by atoms with van der Waals surface area (Å²) in [7, 11) is 0. The molecule has 2 rings (SSSR count). The first-order valence-electron chi connectivity index (χ1n) is 7.74. The summed E-state index contributed by atoms with van der Waals surface area (Å²) in [5.41, 5.74) is 0. The van der Waals surface area contributed by atoms with E-state index in [1.165, 1.54) is 0 Å². The standard InChI is InChI=1S/C16H20Cl2N2O4/c1-3-23-16(22)20-8-6-19(7-9-20)15(21)11(2)24-14-5-4-12(17)10-13(14)18/h4-5,10-11H,3,6-9H2,1-2H3/t11-/m1/s1. The smallest absolute Gasteiger partial charge is 0.409 e. The molecule has 0 N–H and O–H groups in total. The third-order valence-corrected chi connectivity index (χ3v) is 4.19. The summed E-state index contributed by atoms with van der Waals surface area (Å²) in [6.07, 6.45) is -1.03. The van der Waals surface area contributed by atoms with E-state index in [0.717, 1.165) is 0 Å². The van der Waals surface area contributed by atoms with Crippen molar-refractivity contribution in [1.82, 2.24) is 9.80 Å². The maximum absolute atomic E-state index is 12.5. The zero-order chi connectivity index (χ0) is 17.7. The maximum Gasteiger partial charge on any atom is 0.409 e. The Morgan fingerprint density at radius 3 is 2.38 bits per heavy atom.